The van der Waals surface area contributed by atoms with E-state index < -0.39 is 33.8 Å². The molecule has 1 rings (SSSR count). The van der Waals surface area contributed by atoms with Gasteiger partial charge in [-0.3, -0.25) is 4.79 Å². The van der Waals surface area contributed by atoms with Gasteiger partial charge in [-0.2, -0.15) is 0 Å². The molecule has 0 aliphatic rings. The summed E-state index contributed by atoms with van der Waals surface area (Å²) in [5, 5.41) is -1.14. The van der Waals surface area contributed by atoms with Gasteiger partial charge in [0.1, 0.15) is 5.82 Å². The van der Waals surface area contributed by atoms with Gasteiger partial charge < -0.3 is 0 Å². The van der Waals surface area contributed by atoms with E-state index in [1.807, 2.05) is 0 Å². The smallest absolute Gasteiger partial charge is 0.255 e. The molecule has 0 N–H and O–H groups in total. The van der Waals surface area contributed by atoms with Crippen LogP contribution in [0, 0.1) is 24.4 Å². The fourth-order valence-corrected chi connectivity index (χ4v) is 1.19. The van der Waals surface area contributed by atoms with E-state index in [4.69, 9.17) is 11.6 Å². The molecule has 0 aliphatic heterocycles. The van der Waals surface area contributed by atoms with Crippen molar-refractivity contribution in [2.45, 2.75) is 6.92 Å². The Morgan fingerprint density at radius 3 is 2.31 bits per heavy atom. The Hall–Kier alpha value is -1.03. The maximum atomic E-state index is 12.8. The molecule has 0 heterocycles. The maximum Gasteiger partial charge on any atom is 0.255 e. The third-order valence-corrected chi connectivity index (χ3v) is 1.79. The highest BCUT2D eigenvalue weighted by Gasteiger charge is 2.19. The summed E-state index contributed by atoms with van der Waals surface area (Å²) < 4.78 is 38.1. The van der Waals surface area contributed by atoms with Crippen molar-refractivity contribution in [3.05, 3.63) is 34.6 Å². The maximum absolute atomic E-state index is 12.8. The third-order valence-electron chi connectivity index (χ3n) is 1.60. The molecule has 0 saturated carbocycles. The summed E-state index contributed by atoms with van der Waals surface area (Å²) in [6.07, 6.45) is 0. The Morgan fingerprint density at radius 2 is 1.85 bits per heavy atom. The zero-order valence-electron chi connectivity index (χ0n) is 6.50. The lowest BCUT2D eigenvalue weighted by Gasteiger charge is -2.03. The molecule has 13 heavy (non-hydrogen) atoms. The molecule has 0 saturated heterocycles. The van der Waals surface area contributed by atoms with Crippen LogP contribution in [-0.2, 0) is 0 Å². The number of hydrogen-bond donors (Lipinski definition) is 0. The summed E-state index contributed by atoms with van der Waals surface area (Å²) in [5.74, 6) is -3.75. The quantitative estimate of drug-likeness (QED) is 0.512. The van der Waals surface area contributed by atoms with Crippen LogP contribution in [0.15, 0.2) is 6.07 Å². The lowest BCUT2D eigenvalue weighted by Crippen LogP contribution is -2.03. The molecule has 5 heteroatoms. The summed E-state index contributed by atoms with van der Waals surface area (Å²) in [6, 6.07) is 0.290. The van der Waals surface area contributed by atoms with Gasteiger partial charge in [0.15, 0.2) is 11.6 Å². The van der Waals surface area contributed by atoms with Crippen LogP contribution in [0.25, 0.3) is 0 Å². The Bertz CT molecular complexity index is 376. The number of rotatable bonds is 1. The largest absolute Gasteiger partial charge is 0.275 e. The molecule has 0 bridgehead atoms. The Morgan fingerprint density at radius 1 is 1.31 bits per heavy atom. The molecule has 0 aromatic heterocycles. The zero-order chi connectivity index (χ0) is 10.2. The van der Waals surface area contributed by atoms with E-state index in [1.165, 1.54) is 0 Å². The molecule has 70 valence electrons. The van der Waals surface area contributed by atoms with Gasteiger partial charge >= 0.3 is 0 Å². The van der Waals surface area contributed by atoms with E-state index in [2.05, 4.69) is 0 Å². The summed E-state index contributed by atoms with van der Waals surface area (Å²) in [7, 11) is 0. The highest BCUT2D eigenvalue weighted by molar-refractivity contribution is 6.67. The Labute approximate surface area is 77.1 Å². The van der Waals surface area contributed by atoms with Gasteiger partial charge in [0.25, 0.3) is 5.24 Å². The Kier molecular flexibility index (Phi) is 2.61. The van der Waals surface area contributed by atoms with Crippen molar-refractivity contribution in [3.63, 3.8) is 0 Å². The zero-order valence-corrected chi connectivity index (χ0v) is 7.25. The molecule has 1 nitrogen and oxygen atoms in total. The van der Waals surface area contributed by atoms with Crippen molar-refractivity contribution in [1.82, 2.24) is 0 Å². The van der Waals surface area contributed by atoms with E-state index in [0.717, 1.165) is 6.92 Å². The topological polar surface area (TPSA) is 17.1 Å². The highest BCUT2D eigenvalue weighted by Crippen LogP contribution is 2.21. The molecule has 0 spiro atoms. The minimum atomic E-state index is -1.34. The molecule has 0 unspecified atom stereocenters. The van der Waals surface area contributed by atoms with Crippen LogP contribution in [0.3, 0.4) is 0 Å². The summed E-state index contributed by atoms with van der Waals surface area (Å²) >= 11 is 4.97. The number of carbonyl (C=O) groups is 1. The van der Waals surface area contributed by atoms with Gasteiger partial charge in [-0.15, -0.1) is 0 Å². The lowest BCUT2D eigenvalue weighted by molar-refractivity contribution is 0.107. The third kappa shape index (κ3) is 1.67. The predicted molar refractivity (Wildman–Crippen MR) is 41.2 cm³/mol. The molecule has 0 atom stereocenters. The fourth-order valence-electron chi connectivity index (χ4n) is 0.956. The summed E-state index contributed by atoms with van der Waals surface area (Å²) in [5.41, 5.74) is -1.04. The lowest BCUT2D eigenvalue weighted by atomic mass is 10.1. The molecular weight excluding hydrogens is 205 g/mol. The van der Waals surface area contributed by atoms with Gasteiger partial charge in [0, 0.05) is 11.6 Å². The first-order chi connectivity index (χ1) is 5.95. The average Bonchev–Trinajstić information content (AvgIpc) is 1.99. The summed E-state index contributed by atoms with van der Waals surface area (Å²) in [6.45, 7) is 1.08. The number of hydrogen-bond acceptors (Lipinski definition) is 1. The first kappa shape index (κ1) is 10.1. The van der Waals surface area contributed by atoms with Gasteiger partial charge in [0.05, 0.1) is 5.56 Å². The monoisotopic (exact) mass is 208 g/mol. The second-order valence-electron chi connectivity index (χ2n) is 2.43. The van der Waals surface area contributed by atoms with Crippen molar-refractivity contribution in [2.24, 2.45) is 0 Å². The number of carbonyl (C=O) groups excluding carboxylic acids is 1. The van der Waals surface area contributed by atoms with E-state index in [-0.39, 0.29) is 6.07 Å². The number of halogens is 4. The van der Waals surface area contributed by atoms with E-state index >= 15 is 0 Å². The normalized spacial score (nSPS) is 10.2. The second-order valence-corrected chi connectivity index (χ2v) is 2.77. The SMILES string of the molecule is Cc1c(F)c(F)cc(F)c1C(=O)Cl. The standard InChI is InChI=1S/C8H4ClF3O/c1-3-6(8(9)13)4(10)2-5(11)7(3)12/h2H,1H3. The molecule has 1 aromatic rings. The minimum Gasteiger partial charge on any atom is -0.275 e. The summed E-state index contributed by atoms with van der Waals surface area (Å²) in [4.78, 5) is 10.6. The molecule has 1 aromatic carbocycles. The first-order valence-corrected chi connectivity index (χ1v) is 3.67. The van der Waals surface area contributed by atoms with Crippen LogP contribution in [0.4, 0.5) is 13.2 Å². The van der Waals surface area contributed by atoms with Crippen molar-refractivity contribution in [1.29, 1.82) is 0 Å². The fraction of sp³-hybridized carbons (Fsp3) is 0.125. The molecule has 0 fully saturated rings. The molecule has 0 amide bonds. The number of benzene rings is 1. The van der Waals surface area contributed by atoms with Crippen LogP contribution in [0.5, 0.6) is 0 Å². The second kappa shape index (κ2) is 3.38. The van der Waals surface area contributed by atoms with Crippen molar-refractivity contribution < 1.29 is 18.0 Å². The van der Waals surface area contributed by atoms with Crippen LogP contribution in [0.1, 0.15) is 15.9 Å². The first-order valence-electron chi connectivity index (χ1n) is 3.29. The van der Waals surface area contributed by atoms with Gasteiger partial charge in [-0.1, -0.05) is 0 Å². The van der Waals surface area contributed by atoms with Crippen LogP contribution in [-0.4, -0.2) is 5.24 Å². The van der Waals surface area contributed by atoms with E-state index in [1.54, 1.807) is 0 Å². The highest BCUT2D eigenvalue weighted by atomic mass is 35.5. The van der Waals surface area contributed by atoms with Crippen LogP contribution >= 0.6 is 11.6 Å². The molecule has 0 aliphatic carbocycles. The van der Waals surface area contributed by atoms with E-state index in [0.29, 0.717) is 0 Å². The van der Waals surface area contributed by atoms with E-state index in [9.17, 15) is 18.0 Å². The van der Waals surface area contributed by atoms with Gasteiger partial charge in [0.2, 0.25) is 0 Å². The van der Waals surface area contributed by atoms with Gasteiger partial charge in [-0.05, 0) is 18.5 Å². The van der Waals surface area contributed by atoms with Crippen molar-refractivity contribution in [2.75, 3.05) is 0 Å². The molecular formula is C8H4ClF3O. The van der Waals surface area contributed by atoms with Crippen molar-refractivity contribution >= 4 is 16.8 Å². The predicted octanol–water partition coefficient (Wildman–Crippen LogP) is 2.79. The van der Waals surface area contributed by atoms with Crippen LogP contribution in [0.2, 0.25) is 0 Å². The van der Waals surface area contributed by atoms with Crippen LogP contribution < -0.4 is 0 Å². The Balaban J connectivity index is 3.53. The minimum absolute atomic E-state index is 0.290. The average molecular weight is 209 g/mol. The van der Waals surface area contributed by atoms with Crippen molar-refractivity contribution in [3.8, 4) is 0 Å². The van der Waals surface area contributed by atoms with Gasteiger partial charge in [-0.25, -0.2) is 13.2 Å². The molecule has 0 radical (unpaired) electrons.